The monoisotopic (exact) mass is 380 g/mol. The van der Waals surface area contributed by atoms with Gasteiger partial charge in [-0.15, -0.1) is 0 Å². The van der Waals surface area contributed by atoms with Crippen LogP contribution in [0.2, 0.25) is 0 Å². The first-order chi connectivity index (χ1) is 13.3. The third kappa shape index (κ3) is 3.43. The lowest BCUT2D eigenvalue weighted by molar-refractivity contribution is -0.116. The van der Waals surface area contributed by atoms with E-state index >= 15 is 0 Å². The van der Waals surface area contributed by atoms with Gasteiger partial charge < -0.3 is 10.2 Å². The molecule has 2 N–H and O–H groups in total. The van der Waals surface area contributed by atoms with Crippen LogP contribution >= 0.6 is 0 Å². The van der Waals surface area contributed by atoms with E-state index in [4.69, 9.17) is 0 Å². The van der Waals surface area contributed by atoms with Crippen molar-refractivity contribution in [3.63, 3.8) is 0 Å². The van der Waals surface area contributed by atoms with E-state index in [2.05, 4.69) is 40.1 Å². The van der Waals surface area contributed by atoms with E-state index in [1.54, 1.807) is 0 Å². The molecule has 0 radical (unpaired) electrons. The zero-order valence-electron chi connectivity index (χ0n) is 17.0. The molecule has 0 spiro atoms. The van der Waals surface area contributed by atoms with Crippen molar-refractivity contribution >= 4 is 17.7 Å². The van der Waals surface area contributed by atoms with Gasteiger partial charge in [0.2, 0.25) is 11.9 Å². The maximum Gasteiger partial charge on any atom is 0.258 e. The van der Waals surface area contributed by atoms with Crippen LogP contribution in [0.25, 0.3) is 0 Å². The Labute approximate surface area is 165 Å². The van der Waals surface area contributed by atoms with Gasteiger partial charge in [-0.2, -0.15) is 4.98 Å². The Morgan fingerprint density at radius 3 is 2.50 bits per heavy atom. The molecule has 3 unspecified atom stereocenters. The van der Waals surface area contributed by atoms with E-state index in [0.29, 0.717) is 29.2 Å². The third-order valence-corrected chi connectivity index (χ3v) is 5.91. The minimum Gasteiger partial charge on any atom is -0.342 e. The molecule has 2 aromatic rings. The molecule has 4 rings (SSSR count). The molecule has 3 atom stereocenters. The highest BCUT2D eigenvalue weighted by Crippen LogP contribution is 2.36. The van der Waals surface area contributed by atoms with Crippen LogP contribution < -0.4 is 15.8 Å². The van der Waals surface area contributed by atoms with Crippen LogP contribution in [-0.2, 0) is 4.79 Å². The largest absolute Gasteiger partial charge is 0.342 e. The molecule has 1 aromatic carbocycles. The van der Waals surface area contributed by atoms with Gasteiger partial charge in [0.15, 0.2) is 0 Å². The minimum atomic E-state index is -0.270. The van der Waals surface area contributed by atoms with E-state index in [1.165, 1.54) is 6.42 Å². The third-order valence-electron chi connectivity index (χ3n) is 5.91. The first-order valence-electron chi connectivity index (χ1n) is 10.1. The predicted octanol–water partition coefficient (Wildman–Crippen LogP) is 3.34. The van der Waals surface area contributed by atoms with Crippen molar-refractivity contribution in [2.75, 3.05) is 23.3 Å². The number of amides is 1. The lowest BCUT2D eigenvalue weighted by Crippen LogP contribution is -2.41. The van der Waals surface area contributed by atoms with Gasteiger partial charge in [0.05, 0.1) is 5.56 Å². The van der Waals surface area contributed by atoms with Gasteiger partial charge in [-0.1, -0.05) is 37.6 Å². The lowest BCUT2D eigenvalue weighted by Gasteiger charge is -2.36. The summed E-state index contributed by atoms with van der Waals surface area (Å²) in [4.78, 5) is 35.3. The van der Waals surface area contributed by atoms with Crippen molar-refractivity contribution in [1.29, 1.82) is 0 Å². The second kappa shape index (κ2) is 7.08. The number of anilines is 2. The summed E-state index contributed by atoms with van der Waals surface area (Å²) in [7, 11) is 0. The molecule has 3 heterocycles. The smallest absolute Gasteiger partial charge is 0.258 e. The van der Waals surface area contributed by atoms with E-state index in [0.717, 1.165) is 29.8 Å². The van der Waals surface area contributed by atoms with E-state index in [9.17, 15) is 9.59 Å². The standard InChI is InChI=1S/C22H28N4O2/c1-12-5-6-16(15(4)8-12)17-9-18(27)23-20-19(17)21(28)25-22(24-20)26-10-13(2)7-14(3)11-26/h5-6,8,13-14,17H,7,9-11H2,1-4H3,(H2,23,24,25,27,28). The number of hydrogen-bond acceptors (Lipinski definition) is 4. The summed E-state index contributed by atoms with van der Waals surface area (Å²) >= 11 is 0. The quantitative estimate of drug-likeness (QED) is 0.838. The normalized spacial score (nSPS) is 24.6. The maximum absolute atomic E-state index is 13.1. The molecule has 0 bridgehead atoms. The SMILES string of the molecule is Cc1ccc(C2CC(=O)Nc3nc(N4CC(C)CC(C)C4)[nH]c(=O)c32)c(C)c1. The molecule has 1 aromatic heterocycles. The first kappa shape index (κ1) is 18.7. The number of piperidine rings is 1. The molecule has 1 saturated heterocycles. The minimum absolute atomic E-state index is 0.0955. The lowest BCUT2D eigenvalue weighted by atomic mass is 9.84. The molecule has 148 valence electrons. The molecule has 6 heteroatoms. The Morgan fingerprint density at radius 2 is 1.82 bits per heavy atom. The highest BCUT2D eigenvalue weighted by molar-refractivity contribution is 5.94. The summed E-state index contributed by atoms with van der Waals surface area (Å²) < 4.78 is 0. The van der Waals surface area contributed by atoms with Crippen LogP contribution in [0.15, 0.2) is 23.0 Å². The highest BCUT2D eigenvalue weighted by atomic mass is 16.2. The Hall–Kier alpha value is -2.63. The molecular formula is C22H28N4O2. The van der Waals surface area contributed by atoms with Crippen LogP contribution in [0.5, 0.6) is 0 Å². The number of carbonyl (C=O) groups excluding carboxylic acids is 1. The number of H-pyrrole nitrogens is 1. The van der Waals surface area contributed by atoms with Crippen molar-refractivity contribution in [2.24, 2.45) is 11.8 Å². The average molecular weight is 380 g/mol. The number of aryl methyl sites for hydroxylation is 2. The second-order valence-corrected chi connectivity index (χ2v) is 8.67. The Balaban J connectivity index is 1.77. The van der Waals surface area contributed by atoms with E-state index < -0.39 is 0 Å². The molecule has 1 amide bonds. The summed E-state index contributed by atoms with van der Waals surface area (Å²) in [6.07, 6.45) is 1.44. The van der Waals surface area contributed by atoms with Gasteiger partial charge >= 0.3 is 0 Å². The number of aromatic nitrogens is 2. The topological polar surface area (TPSA) is 78.1 Å². The molecule has 0 saturated carbocycles. The van der Waals surface area contributed by atoms with Crippen molar-refractivity contribution in [1.82, 2.24) is 9.97 Å². The van der Waals surface area contributed by atoms with Crippen molar-refractivity contribution in [3.8, 4) is 0 Å². The summed E-state index contributed by atoms with van der Waals surface area (Å²) in [6, 6.07) is 6.15. The van der Waals surface area contributed by atoms with Gasteiger partial charge in [0.1, 0.15) is 5.82 Å². The fourth-order valence-corrected chi connectivity index (χ4v) is 4.83. The Kier molecular flexibility index (Phi) is 4.73. The van der Waals surface area contributed by atoms with Crippen LogP contribution in [0.4, 0.5) is 11.8 Å². The van der Waals surface area contributed by atoms with Crippen LogP contribution in [0.1, 0.15) is 54.9 Å². The van der Waals surface area contributed by atoms with Crippen molar-refractivity contribution in [2.45, 2.75) is 46.5 Å². The van der Waals surface area contributed by atoms with Crippen LogP contribution in [-0.4, -0.2) is 29.0 Å². The number of benzene rings is 1. The molecule has 1 fully saturated rings. The average Bonchev–Trinajstić information content (AvgIpc) is 2.59. The summed E-state index contributed by atoms with van der Waals surface area (Å²) in [6.45, 7) is 10.2. The number of fused-ring (bicyclic) bond motifs is 1. The fourth-order valence-electron chi connectivity index (χ4n) is 4.83. The van der Waals surface area contributed by atoms with Crippen LogP contribution in [0.3, 0.4) is 0 Å². The molecule has 0 aliphatic carbocycles. The number of nitrogens with zero attached hydrogens (tertiary/aromatic N) is 2. The molecule has 2 aliphatic rings. The van der Waals surface area contributed by atoms with Gasteiger partial charge in [-0.25, -0.2) is 0 Å². The number of carbonyl (C=O) groups is 1. The Bertz CT molecular complexity index is 971. The molecular weight excluding hydrogens is 352 g/mol. The maximum atomic E-state index is 13.1. The Morgan fingerprint density at radius 1 is 1.11 bits per heavy atom. The fraction of sp³-hybridized carbons (Fsp3) is 0.500. The summed E-state index contributed by atoms with van der Waals surface area (Å²) in [5.74, 6) is 1.69. The first-order valence-corrected chi connectivity index (χ1v) is 10.1. The van der Waals surface area contributed by atoms with E-state index in [1.807, 2.05) is 26.0 Å². The van der Waals surface area contributed by atoms with Gasteiger partial charge in [0.25, 0.3) is 5.56 Å². The van der Waals surface area contributed by atoms with Crippen molar-refractivity contribution < 1.29 is 4.79 Å². The summed E-state index contributed by atoms with van der Waals surface area (Å²) in [5, 5.41) is 2.84. The number of hydrogen-bond donors (Lipinski definition) is 2. The summed E-state index contributed by atoms with van der Waals surface area (Å²) in [5.41, 5.74) is 3.68. The van der Waals surface area contributed by atoms with Gasteiger partial charge in [-0.05, 0) is 43.2 Å². The number of aromatic amines is 1. The number of nitrogens with one attached hydrogen (secondary N) is 2. The highest BCUT2D eigenvalue weighted by Gasteiger charge is 2.33. The molecule has 2 aliphatic heterocycles. The van der Waals surface area contributed by atoms with Crippen molar-refractivity contribution in [3.05, 3.63) is 50.8 Å². The zero-order chi connectivity index (χ0) is 20.0. The zero-order valence-corrected chi connectivity index (χ0v) is 17.0. The predicted molar refractivity (Wildman–Crippen MR) is 111 cm³/mol. The second-order valence-electron chi connectivity index (χ2n) is 8.67. The number of rotatable bonds is 2. The molecule has 6 nitrogen and oxygen atoms in total. The molecule has 28 heavy (non-hydrogen) atoms. The van der Waals surface area contributed by atoms with Gasteiger partial charge in [0, 0.05) is 25.4 Å². The van der Waals surface area contributed by atoms with Gasteiger partial charge in [-0.3, -0.25) is 14.6 Å². The van der Waals surface area contributed by atoms with Crippen LogP contribution in [0, 0.1) is 25.7 Å². The van der Waals surface area contributed by atoms with E-state index in [-0.39, 0.29) is 23.8 Å².